The van der Waals surface area contributed by atoms with Crippen LogP contribution >= 0.6 is 11.8 Å². The first-order valence-corrected chi connectivity index (χ1v) is 16.2. The van der Waals surface area contributed by atoms with Gasteiger partial charge in [-0.25, -0.2) is 9.59 Å². The topological polar surface area (TPSA) is 196 Å². The van der Waals surface area contributed by atoms with E-state index in [9.17, 15) is 34.1 Å². The number of esters is 4. The number of amides is 1. The molecule has 0 spiro atoms. The number of hydrogen-bond acceptors (Lipinski definition) is 15. The monoisotopic (exact) mass is 706 g/mol. The molecule has 0 bridgehead atoms. The quantitative estimate of drug-likeness (QED) is 0.0650. The minimum absolute atomic E-state index is 0.251. The van der Waals surface area contributed by atoms with Crippen LogP contribution in [0.4, 0.5) is 10.5 Å². The van der Waals surface area contributed by atoms with Crippen molar-refractivity contribution in [2.75, 3.05) is 25.3 Å². The van der Waals surface area contributed by atoms with E-state index in [1.54, 1.807) is 18.7 Å². The summed E-state index contributed by atoms with van der Waals surface area (Å²) in [6, 6.07) is 13.6. The zero-order valence-electron chi connectivity index (χ0n) is 27.6. The van der Waals surface area contributed by atoms with Crippen LogP contribution < -0.4 is 4.74 Å². The van der Waals surface area contributed by atoms with Crippen LogP contribution in [-0.2, 0) is 60.6 Å². The molecule has 0 aliphatic carbocycles. The third kappa shape index (κ3) is 11.3. The molecule has 2 aromatic rings. The summed E-state index contributed by atoms with van der Waals surface area (Å²) in [6.45, 7) is 4.96. The lowest BCUT2D eigenvalue weighted by atomic mass is 9.97. The molecule has 1 aliphatic rings. The molecule has 0 radical (unpaired) electrons. The van der Waals surface area contributed by atoms with E-state index in [1.165, 1.54) is 22.6 Å². The zero-order valence-corrected chi connectivity index (χ0v) is 28.4. The van der Waals surface area contributed by atoms with Crippen LogP contribution in [0.2, 0.25) is 0 Å². The number of nitro groups is 1. The number of rotatable bonds is 15. The van der Waals surface area contributed by atoms with E-state index < -0.39 is 77.0 Å². The van der Waals surface area contributed by atoms with Gasteiger partial charge >= 0.3 is 35.7 Å². The summed E-state index contributed by atoms with van der Waals surface area (Å²) in [5.41, 5.74) is 0.843. The lowest BCUT2D eigenvalue weighted by Gasteiger charge is -2.42. The van der Waals surface area contributed by atoms with Crippen LogP contribution in [-0.4, -0.2) is 95.8 Å². The van der Waals surface area contributed by atoms with Gasteiger partial charge in [0, 0.05) is 33.4 Å². The highest BCUT2D eigenvalue weighted by molar-refractivity contribution is 7.99. The number of benzene rings is 2. The summed E-state index contributed by atoms with van der Waals surface area (Å²) < 4.78 is 37.4. The highest BCUT2D eigenvalue weighted by Gasteiger charge is 2.56. The Balaban J connectivity index is 1.78. The Hall–Kier alpha value is -4.90. The molecule has 1 aliphatic heterocycles. The van der Waals surface area contributed by atoms with Crippen LogP contribution in [0.5, 0.6) is 5.75 Å². The van der Waals surface area contributed by atoms with Gasteiger partial charge in [0.15, 0.2) is 24.1 Å². The molecule has 0 saturated carbocycles. The Morgan fingerprint density at radius 1 is 0.898 bits per heavy atom. The summed E-state index contributed by atoms with van der Waals surface area (Å²) in [6.07, 6.45) is -8.29. The van der Waals surface area contributed by atoms with Gasteiger partial charge in [0.25, 0.3) is 0 Å². The number of carbonyl (C=O) groups is 5. The van der Waals surface area contributed by atoms with Gasteiger partial charge in [0.05, 0.1) is 17.9 Å². The van der Waals surface area contributed by atoms with Gasteiger partial charge in [0.1, 0.15) is 6.61 Å². The fraction of sp³-hybridized carbons (Fsp3) is 0.469. The molecule has 0 unspecified atom stereocenters. The van der Waals surface area contributed by atoms with E-state index in [-0.39, 0.29) is 12.2 Å². The van der Waals surface area contributed by atoms with Crippen LogP contribution in [0, 0.1) is 10.1 Å². The first kappa shape index (κ1) is 38.5. The summed E-state index contributed by atoms with van der Waals surface area (Å²) in [5, 5.41) is 12.1. The van der Waals surface area contributed by atoms with Gasteiger partial charge in [0.2, 0.25) is 12.4 Å². The standard InChI is InChI=1S/C32H38N2O14S/c1-6-33(18-49-15-14-22-10-8-7-9-11-22)32(39)43-17-23-12-13-25(24(16-23)34(40)41)47-31-29(46-21(4)37)27(45-20(3)36)26(44-19(2)35)28(48-31)30(38)42-5/h7-13,16,26-29,31H,6,14-15,17-18H2,1-5H3/t26-,27-,28-,29+,31+/m0/s1. The number of thioether (sulfide) groups is 1. The van der Waals surface area contributed by atoms with E-state index in [0.717, 1.165) is 46.1 Å². The molecular formula is C32H38N2O14S. The minimum Gasteiger partial charge on any atom is -0.467 e. The van der Waals surface area contributed by atoms with Gasteiger partial charge in [-0.15, -0.1) is 11.8 Å². The van der Waals surface area contributed by atoms with E-state index in [1.807, 2.05) is 30.3 Å². The van der Waals surface area contributed by atoms with Crippen LogP contribution in [0.25, 0.3) is 0 Å². The zero-order chi connectivity index (χ0) is 36.1. The van der Waals surface area contributed by atoms with Crippen molar-refractivity contribution < 1.29 is 62.1 Å². The molecule has 5 atom stereocenters. The van der Waals surface area contributed by atoms with Crippen molar-refractivity contribution in [2.45, 2.75) is 71.4 Å². The number of aryl methyl sites for hydroxylation is 1. The molecule has 0 N–H and O–H groups in total. The first-order chi connectivity index (χ1) is 23.3. The Kier molecular flexibility index (Phi) is 14.6. The highest BCUT2D eigenvalue weighted by atomic mass is 32.2. The van der Waals surface area contributed by atoms with E-state index in [4.69, 9.17) is 33.2 Å². The number of methoxy groups -OCH3 is 1. The molecular weight excluding hydrogens is 668 g/mol. The lowest BCUT2D eigenvalue weighted by molar-refractivity contribution is -0.387. The van der Waals surface area contributed by atoms with Crippen molar-refractivity contribution in [3.8, 4) is 5.75 Å². The van der Waals surface area contributed by atoms with E-state index >= 15 is 0 Å². The maximum Gasteiger partial charge on any atom is 0.410 e. The van der Waals surface area contributed by atoms with Crippen molar-refractivity contribution in [3.05, 3.63) is 69.8 Å². The average molecular weight is 707 g/mol. The smallest absolute Gasteiger partial charge is 0.410 e. The third-order valence-corrected chi connectivity index (χ3v) is 7.91. The molecule has 3 rings (SSSR count). The second-order valence-corrected chi connectivity index (χ2v) is 11.6. The fourth-order valence-electron chi connectivity index (χ4n) is 4.71. The first-order valence-electron chi connectivity index (χ1n) is 15.1. The van der Waals surface area contributed by atoms with Gasteiger partial charge in [-0.3, -0.25) is 29.4 Å². The fourth-order valence-corrected chi connectivity index (χ4v) is 5.73. The molecule has 0 aromatic heterocycles. The molecule has 17 heteroatoms. The molecule has 2 aromatic carbocycles. The van der Waals surface area contributed by atoms with E-state index in [0.29, 0.717) is 12.4 Å². The number of nitro benzene ring substituents is 1. The van der Waals surface area contributed by atoms with Gasteiger partial charge in [-0.2, -0.15) is 0 Å². The van der Waals surface area contributed by atoms with Crippen molar-refractivity contribution >= 4 is 47.4 Å². The van der Waals surface area contributed by atoms with Crippen molar-refractivity contribution in [2.24, 2.45) is 0 Å². The average Bonchev–Trinajstić information content (AvgIpc) is 3.06. The predicted molar refractivity (Wildman–Crippen MR) is 171 cm³/mol. The van der Waals surface area contributed by atoms with Crippen LogP contribution in [0.15, 0.2) is 48.5 Å². The highest BCUT2D eigenvalue weighted by Crippen LogP contribution is 2.35. The maximum absolute atomic E-state index is 12.8. The molecule has 1 amide bonds. The van der Waals surface area contributed by atoms with Crippen molar-refractivity contribution in [3.63, 3.8) is 0 Å². The minimum atomic E-state index is -1.80. The van der Waals surface area contributed by atoms with Crippen LogP contribution in [0.3, 0.4) is 0 Å². The van der Waals surface area contributed by atoms with Gasteiger partial charge in [-0.05, 0) is 36.3 Å². The molecule has 1 heterocycles. The third-order valence-electron chi connectivity index (χ3n) is 6.93. The Labute approximate surface area is 286 Å². The largest absolute Gasteiger partial charge is 0.467 e. The Morgan fingerprint density at radius 2 is 1.53 bits per heavy atom. The Morgan fingerprint density at radius 3 is 2.12 bits per heavy atom. The number of ether oxygens (including phenoxy) is 7. The second kappa shape index (κ2) is 18.6. The predicted octanol–water partition coefficient (Wildman–Crippen LogP) is 3.56. The van der Waals surface area contributed by atoms with E-state index in [2.05, 4.69) is 0 Å². The molecule has 16 nitrogen and oxygen atoms in total. The lowest BCUT2D eigenvalue weighted by Crippen LogP contribution is -2.64. The number of nitrogens with zero attached hydrogens (tertiary/aromatic N) is 2. The number of carbonyl (C=O) groups excluding carboxylic acids is 5. The Bertz CT molecular complexity index is 1490. The summed E-state index contributed by atoms with van der Waals surface area (Å²) in [4.78, 5) is 74.2. The molecule has 266 valence electrons. The molecule has 49 heavy (non-hydrogen) atoms. The summed E-state index contributed by atoms with van der Waals surface area (Å²) in [5.74, 6) is -2.99. The van der Waals surface area contributed by atoms with Gasteiger partial charge in [-0.1, -0.05) is 36.4 Å². The number of hydrogen-bond donors (Lipinski definition) is 0. The SMILES string of the molecule is CCN(CSCCc1ccccc1)C(=O)OCc1ccc(O[C@@H]2O[C@H](C(=O)OC)[C@@H](OC(C)=O)[C@H](OC(C)=O)[C@H]2OC(C)=O)c([N+](=O)[O-])c1. The maximum atomic E-state index is 12.8. The van der Waals surface area contributed by atoms with Crippen LogP contribution in [0.1, 0.15) is 38.8 Å². The molecule has 1 fully saturated rings. The summed E-state index contributed by atoms with van der Waals surface area (Å²) in [7, 11) is 1.02. The summed E-state index contributed by atoms with van der Waals surface area (Å²) >= 11 is 1.56. The van der Waals surface area contributed by atoms with Crippen molar-refractivity contribution in [1.29, 1.82) is 0 Å². The van der Waals surface area contributed by atoms with Crippen molar-refractivity contribution in [1.82, 2.24) is 4.90 Å². The van der Waals surface area contributed by atoms with Gasteiger partial charge < -0.3 is 33.2 Å². The second-order valence-electron chi connectivity index (χ2n) is 10.5. The molecule has 1 saturated heterocycles. The normalized spacial score (nSPS) is 19.9.